The first kappa shape index (κ1) is 11.6. The summed E-state index contributed by atoms with van der Waals surface area (Å²) in [5.74, 6) is -0.0326. The molecule has 0 spiro atoms. The van der Waals surface area contributed by atoms with Gasteiger partial charge < -0.3 is 4.55 Å². The average Bonchev–Trinajstić information content (AvgIpc) is 2.01. The Balaban J connectivity index is 3.15. The van der Waals surface area contributed by atoms with Gasteiger partial charge in [-0.15, -0.1) is 0 Å². The van der Waals surface area contributed by atoms with E-state index in [1.54, 1.807) is 18.2 Å². The van der Waals surface area contributed by atoms with Crippen molar-refractivity contribution < 1.29 is 13.6 Å². The molecule has 0 aliphatic heterocycles. The summed E-state index contributed by atoms with van der Waals surface area (Å²) in [5.41, 5.74) is 0.590. The molecule has 0 aliphatic rings. The largest absolute Gasteiger partial charge is 0.302 e. The van der Waals surface area contributed by atoms with Gasteiger partial charge in [0.1, 0.15) is 5.78 Å². The van der Waals surface area contributed by atoms with E-state index in [1.807, 2.05) is 0 Å². The smallest absolute Gasteiger partial charge is 0.186 e. The van der Waals surface area contributed by atoms with E-state index in [4.69, 9.17) is 4.55 Å². The maximum absolute atomic E-state index is 10.9. The highest BCUT2D eigenvalue weighted by atomic mass is 79.9. The van der Waals surface area contributed by atoms with Crippen molar-refractivity contribution in [1.29, 1.82) is 0 Å². The number of carbonyl (C=O) groups excluding carboxylic acids is 1. The van der Waals surface area contributed by atoms with Gasteiger partial charge in [-0.05, 0) is 30.7 Å². The Labute approximate surface area is 92.9 Å². The number of halogens is 1. The van der Waals surface area contributed by atoms with Gasteiger partial charge in [-0.25, -0.2) is 4.21 Å². The second-order valence-corrected chi connectivity index (χ2v) is 4.73. The van der Waals surface area contributed by atoms with E-state index >= 15 is 0 Å². The molecule has 0 saturated carbocycles. The van der Waals surface area contributed by atoms with Crippen LogP contribution < -0.4 is 0 Å². The number of hydrogen-bond donors (Lipinski definition) is 1. The average molecular weight is 277 g/mol. The zero-order valence-electron chi connectivity index (χ0n) is 7.49. The van der Waals surface area contributed by atoms with Crippen molar-refractivity contribution in [2.24, 2.45) is 0 Å². The standard InChI is InChI=1S/C9H9BrO3S/c1-6(11)4-7-5-8(10)2-3-9(7)14(12)13/h2-3,5H,4H2,1H3,(H,12,13). The highest BCUT2D eigenvalue weighted by Gasteiger charge is 2.09. The van der Waals surface area contributed by atoms with Crippen molar-refractivity contribution in [1.82, 2.24) is 0 Å². The predicted molar refractivity (Wildman–Crippen MR) is 57.6 cm³/mol. The molecule has 0 fully saturated rings. The summed E-state index contributed by atoms with van der Waals surface area (Å²) in [4.78, 5) is 11.2. The fourth-order valence-corrected chi connectivity index (χ4v) is 2.07. The van der Waals surface area contributed by atoms with E-state index in [9.17, 15) is 9.00 Å². The summed E-state index contributed by atoms with van der Waals surface area (Å²) in [7, 11) is 0. The van der Waals surface area contributed by atoms with Gasteiger partial charge in [0.25, 0.3) is 0 Å². The number of rotatable bonds is 3. The fraction of sp³-hybridized carbons (Fsp3) is 0.222. The van der Waals surface area contributed by atoms with Crippen LogP contribution in [0.2, 0.25) is 0 Å². The van der Waals surface area contributed by atoms with E-state index in [0.29, 0.717) is 10.5 Å². The van der Waals surface area contributed by atoms with Crippen molar-refractivity contribution in [2.75, 3.05) is 0 Å². The topological polar surface area (TPSA) is 54.4 Å². The Morgan fingerprint density at radius 2 is 2.21 bits per heavy atom. The van der Waals surface area contributed by atoms with Crippen LogP contribution in [0, 0.1) is 0 Å². The second kappa shape index (κ2) is 4.82. The van der Waals surface area contributed by atoms with Crippen molar-refractivity contribution in [3.8, 4) is 0 Å². The summed E-state index contributed by atoms with van der Waals surface area (Å²) >= 11 is 1.21. The van der Waals surface area contributed by atoms with Crippen molar-refractivity contribution in [3.05, 3.63) is 28.2 Å². The monoisotopic (exact) mass is 276 g/mol. The molecule has 0 saturated heterocycles. The molecule has 76 valence electrons. The van der Waals surface area contributed by atoms with Crippen LogP contribution in [0.1, 0.15) is 12.5 Å². The molecule has 0 heterocycles. The lowest BCUT2D eigenvalue weighted by molar-refractivity contribution is -0.116. The Morgan fingerprint density at radius 1 is 1.57 bits per heavy atom. The Bertz CT molecular complexity index is 390. The number of Topliss-reactive ketones (excluding diaryl/α,β-unsaturated/α-hetero) is 1. The van der Waals surface area contributed by atoms with E-state index in [-0.39, 0.29) is 12.2 Å². The Morgan fingerprint density at radius 3 is 2.71 bits per heavy atom. The third-order valence-electron chi connectivity index (χ3n) is 1.65. The van der Waals surface area contributed by atoms with Crippen LogP contribution >= 0.6 is 15.9 Å². The maximum Gasteiger partial charge on any atom is 0.186 e. The van der Waals surface area contributed by atoms with Gasteiger partial charge in [-0.3, -0.25) is 4.79 Å². The lowest BCUT2D eigenvalue weighted by Crippen LogP contribution is -2.02. The van der Waals surface area contributed by atoms with Crippen molar-refractivity contribution >= 4 is 32.8 Å². The minimum Gasteiger partial charge on any atom is -0.302 e. The summed E-state index contributed by atoms with van der Waals surface area (Å²) in [5, 5.41) is 0. The third-order valence-corrected chi connectivity index (χ3v) is 2.92. The van der Waals surface area contributed by atoms with E-state index in [1.165, 1.54) is 6.92 Å². The highest BCUT2D eigenvalue weighted by molar-refractivity contribution is 9.10. The molecule has 1 atom stereocenters. The van der Waals surface area contributed by atoms with Gasteiger partial charge in [-0.2, -0.15) is 0 Å². The summed E-state index contributed by atoms with van der Waals surface area (Å²) < 4.78 is 20.6. The molecule has 0 aromatic heterocycles. The van der Waals surface area contributed by atoms with E-state index in [2.05, 4.69) is 15.9 Å². The first-order valence-electron chi connectivity index (χ1n) is 3.89. The summed E-state index contributed by atoms with van der Waals surface area (Å²) in [6.07, 6.45) is 0.182. The van der Waals surface area contributed by atoms with Crippen LogP contribution in [0.3, 0.4) is 0 Å². The van der Waals surface area contributed by atoms with Crippen LogP contribution in [0.4, 0.5) is 0 Å². The molecule has 3 nitrogen and oxygen atoms in total. The van der Waals surface area contributed by atoms with Crippen LogP contribution in [0.15, 0.2) is 27.6 Å². The fourth-order valence-electron chi connectivity index (χ4n) is 1.12. The van der Waals surface area contributed by atoms with Crippen LogP contribution in [-0.2, 0) is 22.3 Å². The zero-order chi connectivity index (χ0) is 10.7. The normalized spacial score (nSPS) is 12.5. The quantitative estimate of drug-likeness (QED) is 0.861. The van der Waals surface area contributed by atoms with Gasteiger partial charge in [-0.1, -0.05) is 15.9 Å². The molecule has 1 unspecified atom stereocenters. The molecule has 1 aromatic carbocycles. The first-order chi connectivity index (χ1) is 6.50. The predicted octanol–water partition coefficient (Wildman–Crippen LogP) is 2.16. The molecule has 0 radical (unpaired) electrons. The number of benzene rings is 1. The third kappa shape index (κ3) is 3.01. The van der Waals surface area contributed by atoms with Crippen LogP contribution in [0.5, 0.6) is 0 Å². The molecule has 5 heteroatoms. The van der Waals surface area contributed by atoms with Gasteiger partial charge in [0, 0.05) is 10.9 Å². The number of hydrogen-bond acceptors (Lipinski definition) is 2. The summed E-state index contributed by atoms with van der Waals surface area (Å²) in [6.45, 7) is 1.45. The molecular formula is C9H9BrO3S. The zero-order valence-corrected chi connectivity index (χ0v) is 9.89. The lowest BCUT2D eigenvalue weighted by Gasteiger charge is -2.04. The highest BCUT2D eigenvalue weighted by Crippen LogP contribution is 2.19. The minimum absolute atomic E-state index is 0.0326. The minimum atomic E-state index is -2.04. The molecule has 1 N–H and O–H groups in total. The SMILES string of the molecule is CC(=O)Cc1cc(Br)ccc1S(=O)O. The molecule has 14 heavy (non-hydrogen) atoms. The first-order valence-corrected chi connectivity index (χ1v) is 5.79. The number of ketones is 1. The molecular weight excluding hydrogens is 268 g/mol. The Hall–Kier alpha value is -0.520. The molecule has 1 aromatic rings. The summed E-state index contributed by atoms with van der Waals surface area (Å²) in [6, 6.07) is 4.90. The van der Waals surface area contributed by atoms with Crippen molar-refractivity contribution in [2.45, 2.75) is 18.2 Å². The molecule has 0 bridgehead atoms. The van der Waals surface area contributed by atoms with Gasteiger partial charge in [0.15, 0.2) is 11.1 Å². The number of carbonyl (C=O) groups is 1. The van der Waals surface area contributed by atoms with Gasteiger partial charge in [0.05, 0.1) is 4.90 Å². The maximum atomic E-state index is 10.9. The lowest BCUT2D eigenvalue weighted by atomic mass is 10.1. The van der Waals surface area contributed by atoms with Crippen LogP contribution in [0.25, 0.3) is 0 Å². The molecule has 1 rings (SSSR count). The van der Waals surface area contributed by atoms with E-state index < -0.39 is 11.1 Å². The molecule has 0 amide bonds. The van der Waals surface area contributed by atoms with Gasteiger partial charge in [0.2, 0.25) is 0 Å². The molecule has 0 aliphatic carbocycles. The van der Waals surface area contributed by atoms with Crippen LogP contribution in [-0.4, -0.2) is 14.5 Å². The van der Waals surface area contributed by atoms with Gasteiger partial charge >= 0.3 is 0 Å². The second-order valence-electron chi connectivity index (χ2n) is 2.88. The Kier molecular flexibility index (Phi) is 3.97. The van der Waals surface area contributed by atoms with E-state index in [0.717, 1.165) is 4.47 Å². The van der Waals surface area contributed by atoms with Crippen molar-refractivity contribution in [3.63, 3.8) is 0 Å².